The first-order valence-corrected chi connectivity index (χ1v) is 7.59. The van der Waals surface area contributed by atoms with E-state index in [1.54, 1.807) is 11.3 Å². The Morgan fingerprint density at radius 3 is 2.72 bits per heavy atom. The Morgan fingerprint density at radius 2 is 2.11 bits per heavy atom. The molecule has 0 aromatic carbocycles. The van der Waals surface area contributed by atoms with E-state index in [2.05, 4.69) is 21.8 Å². The van der Waals surface area contributed by atoms with Gasteiger partial charge in [-0.05, 0) is 19.3 Å². The molecule has 0 saturated carbocycles. The molecule has 2 N–H and O–H groups in total. The van der Waals surface area contributed by atoms with E-state index in [0.717, 1.165) is 24.5 Å². The van der Waals surface area contributed by atoms with Gasteiger partial charge >= 0.3 is 0 Å². The number of hydrogen-bond donors (Lipinski definition) is 1. The maximum atomic E-state index is 6.06. The number of thiazole rings is 1. The molecule has 5 heteroatoms. The molecule has 18 heavy (non-hydrogen) atoms. The molecule has 1 aromatic heterocycles. The normalized spacial score (nSPS) is 17.8. The summed E-state index contributed by atoms with van der Waals surface area (Å²) in [6, 6.07) is 0. The van der Waals surface area contributed by atoms with Crippen LogP contribution in [0.4, 0.5) is 0 Å². The molecule has 0 bridgehead atoms. The van der Waals surface area contributed by atoms with Gasteiger partial charge in [-0.3, -0.25) is 0 Å². The van der Waals surface area contributed by atoms with Gasteiger partial charge in [-0.15, -0.1) is 11.3 Å². The van der Waals surface area contributed by atoms with E-state index in [1.807, 2.05) is 6.20 Å². The Balaban J connectivity index is 1.90. The lowest BCUT2D eigenvalue weighted by atomic mass is 10.2. The maximum absolute atomic E-state index is 6.06. The minimum atomic E-state index is 0.618. The van der Waals surface area contributed by atoms with Crippen LogP contribution in [0.1, 0.15) is 42.5 Å². The summed E-state index contributed by atoms with van der Waals surface area (Å²) in [4.78, 5) is 12.4. The summed E-state index contributed by atoms with van der Waals surface area (Å²) in [5.41, 5.74) is 6.06. The molecule has 0 atom stereocenters. The average molecular weight is 266 g/mol. The third-order valence-electron chi connectivity index (χ3n) is 3.26. The van der Waals surface area contributed by atoms with Crippen molar-refractivity contribution in [2.24, 2.45) is 10.7 Å². The summed E-state index contributed by atoms with van der Waals surface area (Å²) in [5, 5.41) is 1.06. The van der Waals surface area contributed by atoms with Gasteiger partial charge in [0.15, 0.2) is 5.96 Å². The third kappa shape index (κ3) is 3.70. The molecule has 1 fully saturated rings. The highest BCUT2D eigenvalue weighted by atomic mass is 32.1. The fourth-order valence-electron chi connectivity index (χ4n) is 2.13. The van der Waals surface area contributed by atoms with E-state index in [-0.39, 0.29) is 0 Å². The van der Waals surface area contributed by atoms with E-state index in [1.165, 1.54) is 30.6 Å². The van der Waals surface area contributed by atoms with Crippen molar-refractivity contribution in [2.75, 3.05) is 13.1 Å². The highest BCUT2D eigenvalue weighted by molar-refractivity contribution is 7.11. The molecular weight excluding hydrogens is 244 g/mol. The fraction of sp³-hybridized carbons (Fsp3) is 0.692. The molecule has 1 aromatic rings. The zero-order chi connectivity index (χ0) is 12.8. The molecule has 0 unspecified atom stereocenters. The van der Waals surface area contributed by atoms with Gasteiger partial charge in [-0.2, -0.15) is 0 Å². The molecule has 0 radical (unpaired) electrons. The summed E-state index contributed by atoms with van der Waals surface area (Å²) in [6.45, 7) is 4.86. The molecule has 0 amide bonds. The largest absolute Gasteiger partial charge is 0.370 e. The number of nitrogens with two attached hydrogens (primary N) is 1. The van der Waals surface area contributed by atoms with Crippen molar-refractivity contribution in [3.63, 3.8) is 0 Å². The number of rotatable bonds is 3. The van der Waals surface area contributed by atoms with E-state index in [9.17, 15) is 0 Å². The summed E-state index contributed by atoms with van der Waals surface area (Å²) in [7, 11) is 0. The first kappa shape index (κ1) is 13.3. The lowest BCUT2D eigenvalue weighted by Gasteiger charge is -2.20. The van der Waals surface area contributed by atoms with Gasteiger partial charge in [-0.1, -0.05) is 19.8 Å². The topological polar surface area (TPSA) is 54.5 Å². The van der Waals surface area contributed by atoms with Crippen LogP contribution < -0.4 is 5.73 Å². The Morgan fingerprint density at radius 1 is 1.39 bits per heavy atom. The Labute approximate surface area is 113 Å². The van der Waals surface area contributed by atoms with Crippen LogP contribution in [0.3, 0.4) is 0 Å². The van der Waals surface area contributed by atoms with Crippen LogP contribution in [0.15, 0.2) is 11.2 Å². The standard InChI is InChI=1S/C13H22N4S/c1-2-11-9-15-12(18-11)10-16-13(14)17-7-5-3-4-6-8-17/h9H,2-8,10H2,1H3,(H2,14,16). The fourth-order valence-corrected chi connectivity index (χ4v) is 2.92. The molecule has 1 aliphatic heterocycles. The zero-order valence-corrected chi connectivity index (χ0v) is 11.9. The van der Waals surface area contributed by atoms with E-state index >= 15 is 0 Å². The van der Waals surface area contributed by atoms with Gasteiger partial charge in [0.25, 0.3) is 0 Å². The van der Waals surface area contributed by atoms with E-state index < -0.39 is 0 Å². The van der Waals surface area contributed by atoms with Crippen molar-refractivity contribution < 1.29 is 0 Å². The molecule has 2 rings (SSSR count). The SMILES string of the molecule is CCc1cnc(CN=C(N)N2CCCCCC2)s1. The summed E-state index contributed by atoms with van der Waals surface area (Å²) < 4.78 is 0. The molecule has 1 aliphatic rings. The Kier molecular flexibility index (Phi) is 4.99. The third-order valence-corrected chi connectivity index (χ3v) is 4.38. The predicted molar refractivity (Wildman–Crippen MR) is 76.9 cm³/mol. The molecular formula is C13H22N4S. The van der Waals surface area contributed by atoms with Gasteiger partial charge < -0.3 is 10.6 Å². The lowest BCUT2D eigenvalue weighted by molar-refractivity contribution is 0.428. The quantitative estimate of drug-likeness (QED) is 0.675. The van der Waals surface area contributed by atoms with Gasteiger partial charge in [0.05, 0.1) is 6.54 Å². The van der Waals surface area contributed by atoms with Crippen molar-refractivity contribution >= 4 is 17.3 Å². The predicted octanol–water partition coefficient (Wildman–Crippen LogP) is 2.40. The minimum absolute atomic E-state index is 0.618. The average Bonchev–Trinajstić information content (AvgIpc) is 2.68. The second-order valence-electron chi connectivity index (χ2n) is 4.65. The zero-order valence-electron chi connectivity index (χ0n) is 11.1. The van der Waals surface area contributed by atoms with Crippen LogP contribution >= 0.6 is 11.3 Å². The van der Waals surface area contributed by atoms with Crippen LogP contribution in [0, 0.1) is 0 Å². The number of aryl methyl sites for hydroxylation is 1. The van der Waals surface area contributed by atoms with Crippen LogP contribution in [-0.4, -0.2) is 28.9 Å². The number of aromatic nitrogens is 1. The molecule has 100 valence electrons. The van der Waals surface area contributed by atoms with Crippen molar-refractivity contribution in [2.45, 2.75) is 45.6 Å². The van der Waals surface area contributed by atoms with E-state index in [4.69, 9.17) is 5.73 Å². The lowest BCUT2D eigenvalue weighted by Crippen LogP contribution is -2.38. The van der Waals surface area contributed by atoms with Crippen LogP contribution in [0.25, 0.3) is 0 Å². The number of aliphatic imine (C=N–C) groups is 1. The highest BCUT2D eigenvalue weighted by Crippen LogP contribution is 2.14. The highest BCUT2D eigenvalue weighted by Gasteiger charge is 2.10. The Bertz CT molecular complexity index is 391. The summed E-state index contributed by atoms with van der Waals surface area (Å²) >= 11 is 1.73. The van der Waals surface area contributed by atoms with Gasteiger partial charge in [0.1, 0.15) is 5.01 Å². The second-order valence-corrected chi connectivity index (χ2v) is 5.85. The van der Waals surface area contributed by atoms with Crippen molar-refractivity contribution in [3.05, 3.63) is 16.1 Å². The summed E-state index contributed by atoms with van der Waals surface area (Å²) in [6.07, 6.45) is 8.08. The maximum Gasteiger partial charge on any atom is 0.191 e. The van der Waals surface area contributed by atoms with Crippen molar-refractivity contribution in [3.8, 4) is 0 Å². The molecule has 1 saturated heterocycles. The van der Waals surface area contributed by atoms with Gasteiger partial charge in [-0.25, -0.2) is 9.98 Å². The first-order chi connectivity index (χ1) is 8.79. The van der Waals surface area contributed by atoms with Crippen LogP contribution in [0.2, 0.25) is 0 Å². The smallest absolute Gasteiger partial charge is 0.191 e. The molecule has 4 nitrogen and oxygen atoms in total. The molecule has 0 aliphatic carbocycles. The minimum Gasteiger partial charge on any atom is -0.370 e. The molecule has 0 spiro atoms. The monoisotopic (exact) mass is 266 g/mol. The van der Waals surface area contributed by atoms with Gasteiger partial charge in [0.2, 0.25) is 0 Å². The van der Waals surface area contributed by atoms with Gasteiger partial charge in [0, 0.05) is 24.2 Å². The van der Waals surface area contributed by atoms with E-state index in [0.29, 0.717) is 12.5 Å². The number of hydrogen-bond acceptors (Lipinski definition) is 3. The van der Waals surface area contributed by atoms with Crippen LogP contribution in [-0.2, 0) is 13.0 Å². The van der Waals surface area contributed by atoms with Crippen molar-refractivity contribution in [1.29, 1.82) is 0 Å². The van der Waals surface area contributed by atoms with Crippen LogP contribution in [0.5, 0.6) is 0 Å². The second kappa shape index (κ2) is 6.73. The number of likely N-dealkylation sites (tertiary alicyclic amines) is 1. The molecule has 2 heterocycles. The number of nitrogens with zero attached hydrogens (tertiary/aromatic N) is 3. The Hall–Kier alpha value is -1.10. The number of guanidine groups is 1. The van der Waals surface area contributed by atoms with Crippen molar-refractivity contribution in [1.82, 2.24) is 9.88 Å². The summed E-state index contributed by atoms with van der Waals surface area (Å²) in [5.74, 6) is 0.685. The first-order valence-electron chi connectivity index (χ1n) is 6.78.